The maximum absolute atomic E-state index is 13.1. The maximum Gasteiger partial charge on any atom is 0.413 e. The Bertz CT molecular complexity index is 976. The molecule has 3 N–H and O–H groups in total. The highest BCUT2D eigenvalue weighted by atomic mass is 16.6. The van der Waals surface area contributed by atoms with E-state index in [4.69, 9.17) is 18.9 Å². The Balaban J connectivity index is 4.93. The molecule has 254 valence electrons. The number of unbranched alkanes of at least 4 members (excludes halogenated alkanes) is 3. The van der Waals surface area contributed by atoms with Crippen molar-refractivity contribution in [3.05, 3.63) is 0 Å². The SMILES string of the molecule is COC(=O)[C@H](CCCCCC(=O)[C@H](CCCCN=C(C)NC(=O)OC(C)(C)C)NC(=O)OC(C)(C)C)NC(=O)OC(C)(C)C. The van der Waals surface area contributed by atoms with Crippen molar-refractivity contribution in [1.29, 1.82) is 0 Å². The van der Waals surface area contributed by atoms with E-state index in [1.54, 1.807) is 69.2 Å². The highest BCUT2D eigenvalue weighted by Crippen LogP contribution is 2.14. The summed E-state index contributed by atoms with van der Waals surface area (Å²) in [6, 6.07) is -1.59. The number of esters is 1. The number of aliphatic imine (C=N–C) groups is 1. The molecule has 44 heavy (non-hydrogen) atoms. The molecule has 0 aliphatic carbocycles. The smallest absolute Gasteiger partial charge is 0.413 e. The average molecular weight is 629 g/mol. The summed E-state index contributed by atoms with van der Waals surface area (Å²) in [5.74, 6) is -0.276. The second kappa shape index (κ2) is 19.1. The Morgan fingerprint density at radius 1 is 0.636 bits per heavy atom. The highest BCUT2D eigenvalue weighted by molar-refractivity contribution is 5.93. The number of nitrogens with one attached hydrogen (secondary N) is 3. The van der Waals surface area contributed by atoms with Crippen LogP contribution in [-0.2, 0) is 28.5 Å². The molecule has 2 atom stereocenters. The van der Waals surface area contributed by atoms with Crippen LogP contribution in [0.2, 0.25) is 0 Å². The van der Waals surface area contributed by atoms with Gasteiger partial charge in [-0.1, -0.05) is 12.8 Å². The molecule has 0 unspecified atom stereocenters. The van der Waals surface area contributed by atoms with Gasteiger partial charge in [-0.25, -0.2) is 19.2 Å². The summed E-state index contributed by atoms with van der Waals surface area (Å²) in [7, 11) is 1.25. The fraction of sp³-hybridized carbons (Fsp3) is 0.806. The van der Waals surface area contributed by atoms with Crippen LogP contribution in [-0.4, -0.2) is 78.4 Å². The molecular weight excluding hydrogens is 572 g/mol. The predicted octanol–water partition coefficient (Wildman–Crippen LogP) is 5.58. The number of amides is 3. The van der Waals surface area contributed by atoms with Crippen LogP contribution in [0.4, 0.5) is 14.4 Å². The minimum Gasteiger partial charge on any atom is -0.467 e. The van der Waals surface area contributed by atoms with Crippen molar-refractivity contribution in [2.75, 3.05) is 13.7 Å². The van der Waals surface area contributed by atoms with Gasteiger partial charge in [-0.2, -0.15) is 0 Å². The van der Waals surface area contributed by atoms with E-state index in [9.17, 15) is 24.0 Å². The summed E-state index contributed by atoms with van der Waals surface area (Å²) in [4.78, 5) is 65.9. The lowest BCUT2D eigenvalue weighted by Crippen LogP contribution is -2.44. The van der Waals surface area contributed by atoms with Gasteiger partial charge in [0.25, 0.3) is 0 Å². The normalized spacial score (nSPS) is 13.7. The number of hydrogen-bond donors (Lipinski definition) is 3. The molecule has 13 heteroatoms. The molecule has 0 aliphatic rings. The van der Waals surface area contributed by atoms with E-state index in [0.717, 1.165) is 0 Å². The Hall–Kier alpha value is -3.38. The monoisotopic (exact) mass is 628 g/mol. The van der Waals surface area contributed by atoms with Gasteiger partial charge in [0.05, 0.1) is 13.2 Å². The van der Waals surface area contributed by atoms with Gasteiger partial charge in [-0.15, -0.1) is 0 Å². The number of rotatable bonds is 15. The second-order valence-electron chi connectivity index (χ2n) is 13.6. The first-order valence-corrected chi connectivity index (χ1v) is 15.2. The second-order valence-corrected chi connectivity index (χ2v) is 13.6. The molecular formula is C31H56N4O9. The highest BCUT2D eigenvalue weighted by Gasteiger charge is 2.26. The molecule has 3 amide bonds. The van der Waals surface area contributed by atoms with Crippen molar-refractivity contribution in [3.8, 4) is 0 Å². The number of hydrogen-bond acceptors (Lipinski definition) is 10. The van der Waals surface area contributed by atoms with Crippen molar-refractivity contribution in [2.45, 2.75) is 149 Å². The van der Waals surface area contributed by atoms with Gasteiger partial charge < -0.3 is 29.6 Å². The fourth-order valence-corrected chi connectivity index (χ4v) is 3.80. The standard InChI is InChI=1S/C31H56N4O9/c1-21(33-26(38)42-29(2,3)4)32-20-16-15-17-22(34-27(39)43-30(5,6)7)24(36)19-14-12-13-18-23(25(37)41-11)35-28(40)44-31(8,9)10/h22-23H,12-20H2,1-11H3,(H,34,39)(H,35,40)(H,32,33,38)/t22-,23-/m0/s1. The quantitative estimate of drug-likeness (QED) is 0.0688. The molecule has 0 heterocycles. The lowest BCUT2D eigenvalue weighted by molar-refractivity contribution is -0.143. The number of carbonyl (C=O) groups excluding carboxylic acids is 5. The largest absolute Gasteiger partial charge is 0.467 e. The van der Waals surface area contributed by atoms with Crippen LogP contribution in [0.5, 0.6) is 0 Å². The zero-order valence-corrected chi connectivity index (χ0v) is 28.6. The molecule has 0 saturated heterocycles. The van der Waals surface area contributed by atoms with Crippen LogP contribution >= 0.6 is 0 Å². The van der Waals surface area contributed by atoms with Gasteiger partial charge in [0.15, 0.2) is 5.78 Å². The van der Waals surface area contributed by atoms with Crippen LogP contribution in [0.15, 0.2) is 4.99 Å². The molecule has 0 radical (unpaired) electrons. The summed E-state index contributed by atoms with van der Waals surface area (Å²) in [5, 5.41) is 7.82. The van der Waals surface area contributed by atoms with Crippen molar-refractivity contribution in [1.82, 2.24) is 16.0 Å². The van der Waals surface area contributed by atoms with Gasteiger partial charge in [0.2, 0.25) is 0 Å². The van der Waals surface area contributed by atoms with E-state index < -0.39 is 53.1 Å². The number of amidine groups is 1. The average Bonchev–Trinajstić information content (AvgIpc) is 2.82. The van der Waals surface area contributed by atoms with E-state index in [-0.39, 0.29) is 12.2 Å². The third-order valence-corrected chi connectivity index (χ3v) is 5.60. The first-order valence-electron chi connectivity index (χ1n) is 15.2. The van der Waals surface area contributed by atoms with E-state index in [2.05, 4.69) is 20.9 Å². The van der Waals surface area contributed by atoms with Crippen LogP contribution in [0.1, 0.15) is 121 Å². The number of nitrogens with zero attached hydrogens (tertiary/aromatic N) is 1. The molecule has 13 nitrogen and oxygen atoms in total. The summed E-state index contributed by atoms with van der Waals surface area (Å²) in [5.41, 5.74) is -2.04. The number of carbonyl (C=O) groups is 5. The molecule has 0 fully saturated rings. The lowest BCUT2D eigenvalue weighted by atomic mass is 9.99. The van der Waals surface area contributed by atoms with E-state index >= 15 is 0 Å². The molecule has 0 bridgehead atoms. The molecule has 0 aliphatic heterocycles. The van der Waals surface area contributed by atoms with Crippen molar-refractivity contribution >= 4 is 35.9 Å². The van der Waals surface area contributed by atoms with Crippen LogP contribution < -0.4 is 16.0 Å². The molecule has 0 saturated carbocycles. The Kier molecular flexibility index (Phi) is 17.6. The zero-order chi connectivity index (χ0) is 34.1. The van der Waals surface area contributed by atoms with Gasteiger partial charge in [-0.3, -0.25) is 15.1 Å². The summed E-state index contributed by atoms with van der Waals surface area (Å²) in [6.07, 6.45) is 1.93. The maximum atomic E-state index is 13.1. The summed E-state index contributed by atoms with van der Waals surface area (Å²) in [6.45, 7) is 17.8. The number of alkyl carbamates (subject to hydrolysis) is 3. The predicted molar refractivity (Wildman–Crippen MR) is 168 cm³/mol. The Morgan fingerprint density at radius 2 is 1.09 bits per heavy atom. The molecule has 0 spiro atoms. The number of ketones is 1. The third kappa shape index (κ3) is 22.2. The molecule has 0 aromatic rings. The number of Topliss-reactive ketones (excluding diaryl/α,β-unsaturated/α-hetero) is 1. The third-order valence-electron chi connectivity index (χ3n) is 5.60. The van der Waals surface area contributed by atoms with Crippen molar-refractivity contribution < 1.29 is 42.9 Å². The van der Waals surface area contributed by atoms with Gasteiger partial charge in [-0.05, 0) is 101 Å². The lowest BCUT2D eigenvalue weighted by Gasteiger charge is -2.23. The first-order chi connectivity index (χ1) is 20.1. The van der Waals surface area contributed by atoms with Gasteiger partial charge >= 0.3 is 24.2 Å². The molecule has 0 rings (SSSR count). The number of ether oxygens (including phenoxy) is 4. The summed E-state index contributed by atoms with van der Waals surface area (Å²) < 4.78 is 20.6. The minimum atomic E-state index is -0.863. The Morgan fingerprint density at radius 3 is 1.59 bits per heavy atom. The van der Waals surface area contributed by atoms with Crippen molar-refractivity contribution in [2.24, 2.45) is 4.99 Å². The molecule has 0 aromatic carbocycles. The number of methoxy groups -OCH3 is 1. The van der Waals surface area contributed by atoms with Crippen LogP contribution in [0.25, 0.3) is 0 Å². The fourth-order valence-electron chi connectivity index (χ4n) is 3.80. The minimum absolute atomic E-state index is 0.126. The van der Waals surface area contributed by atoms with E-state index in [0.29, 0.717) is 57.3 Å². The van der Waals surface area contributed by atoms with Gasteiger partial charge in [0, 0.05) is 13.0 Å². The zero-order valence-electron chi connectivity index (χ0n) is 28.6. The van der Waals surface area contributed by atoms with E-state index in [1.807, 2.05) is 0 Å². The van der Waals surface area contributed by atoms with Crippen LogP contribution in [0, 0.1) is 0 Å². The van der Waals surface area contributed by atoms with Crippen LogP contribution in [0.3, 0.4) is 0 Å². The topological polar surface area (TPSA) is 171 Å². The van der Waals surface area contributed by atoms with E-state index in [1.165, 1.54) is 7.11 Å². The first kappa shape index (κ1) is 40.6. The summed E-state index contributed by atoms with van der Waals surface area (Å²) >= 11 is 0. The Labute approximate surface area is 262 Å². The van der Waals surface area contributed by atoms with Crippen molar-refractivity contribution in [3.63, 3.8) is 0 Å². The molecule has 0 aromatic heterocycles. The van der Waals surface area contributed by atoms with Gasteiger partial charge in [0.1, 0.15) is 28.7 Å².